The van der Waals surface area contributed by atoms with E-state index in [4.69, 9.17) is 9.72 Å². The van der Waals surface area contributed by atoms with Crippen LogP contribution < -0.4 is 4.90 Å². The highest BCUT2D eigenvalue weighted by atomic mass is 16.5. The third kappa shape index (κ3) is 3.45. The second-order valence-corrected chi connectivity index (χ2v) is 5.93. The first-order valence-corrected chi connectivity index (χ1v) is 7.57. The van der Waals surface area contributed by atoms with Crippen molar-refractivity contribution in [3.05, 3.63) is 41.9 Å². The molecule has 1 aliphatic rings. The van der Waals surface area contributed by atoms with E-state index in [2.05, 4.69) is 16.2 Å². The fourth-order valence-corrected chi connectivity index (χ4v) is 2.70. The molecule has 22 heavy (non-hydrogen) atoms. The molecule has 3 rings (SSSR count). The Balaban J connectivity index is 1.68. The van der Waals surface area contributed by atoms with Crippen LogP contribution in [-0.4, -0.2) is 53.5 Å². The highest BCUT2D eigenvalue weighted by molar-refractivity contribution is 5.37. The molecular formula is C16H23N5O. The monoisotopic (exact) mass is 301 g/mol. The second kappa shape index (κ2) is 6.46. The van der Waals surface area contributed by atoms with Gasteiger partial charge in [-0.3, -0.25) is 9.58 Å². The first kappa shape index (κ1) is 15.0. The summed E-state index contributed by atoms with van der Waals surface area (Å²) in [5.41, 5.74) is 2.24. The number of nitrogens with zero attached hydrogens (tertiary/aromatic N) is 5. The van der Waals surface area contributed by atoms with Gasteiger partial charge >= 0.3 is 0 Å². The summed E-state index contributed by atoms with van der Waals surface area (Å²) in [6.07, 6.45) is 4.02. The molecule has 1 unspecified atom stereocenters. The van der Waals surface area contributed by atoms with Crippen molar-refractivity contribution in [2.24, 2.45) is 7.05 Å². The number of ether oxygens (including phenoxy) is 1. The Labute approximate surface area is 131 Å². The molecule has 0 bridgehead atoms. The van der Waals surface area contributed by atoms with Crippen LogP contribution in [0.2, 0.25) is 0 Å². The number of morpholine rings is 1. The zero-order valence-corrected chi connectivity index (χ0v) is 13.4. The third-order valence-electron chi connectivity index (χ3n) is 3.86. The van der Waals surface area contributed by atoms with E-state index in [1.807, 2.05) is 55.1 Å². The van der Waals surface area contributed by atoms with Gasteiger partial charge in [-0.05, 0) is 12.1 Å². The second-order valence-electron chi connectivity index (χ2n) is 5.93. The van der Waals surface area contributed by atoms with Crippen LogP contribution in [-0.2, 0) is 18.3 Å². The summed E-state index contributed by atoms with van der Waals surface area (Å²) < 4.78 is 7.77. The highest BCUT2D eigenvalue weighted by Gasteiger charge is 2.23. The van der Waals surface area contributed by atoms with Gasteiger partial charge in [-0.2, -0.15) is 5.10 Å². The summed E-state index contributed by atoms with van der Waals surface area (Å²) in [6, 6.07) is 6.10. The number of hydrogen-bond acceptors (Lipinski definition) is 5. The zero-order chi connectivity index (χ0) is 15.5. The van der Waals surface area contributed by atoms with Crippen molar-refractivity contribution in [3.63, 3.8) is 0 Å². The van der Waals surface area contributed by atoms with E-state index >= 15 is 0 Å². The Kier molecular flexibility index (Phi) is 4.40. The smallest absolute Gasteiger partial charge is 0.128 e. The van der Waals surface area contributed by atoms with Gasteiger partial charge in [-0.15, -0.1) is 0 Å². The van der Waals surface area contributed by atoms with Gasteiger partial charge in [0.05, 0.1) is 18.5 Å². The molecule has 6 nitrogen and oxygen atoms in total. The molecule has 2 aromatic heterocycles. The van der Waals surface area contributed by atoms with E-state index in [0.29, 0.717) is 0 Å². The molecule has 0 amide bonds. The minimum atomic E-state index is 0.0327. The first-order valence-electron chi connectivity index (χ1n) is 7.57. The van der Waals surface area contributed by atoms with Gasteiger partial charge in [-0.25, -0.2) is 4.98 Å². The number of pyridine rings is 1. The van der Waals surface area contributed by atoms with E-state index in [9.17, 15) is 0 Å². The molecule has 0 aliphatic carbocycles. The number of aryl methyl sites for hydroxylation is 1. The molecule has 0 spiro atoms. The summed E-state index contributed by atoms with van der Waals surface area (Å²) in [5, 5.41) is 4.23. The van der Waals surface area contributed by atoms with E-state index in [-0.39, 0.29) is 6.10 Å². The molecule has 0 saturated carbocycles. The fourth-order valence-electron chi connectivity index (χ4n) is 2.70. The molecule has 0 aromatic carbocycles. The molecule has 0 radical (unpaired) electrons. The molecule has 1 aliphatic heterocycles. The molecule has 2 aromatic rings. The molecular weight excluding hydrogens is 278 g/mol. The van der Waals surface area contributed by atoms with Crippen LogP contribution in [0, 0.1) is 0 Å². The lowest BCUT2D eigenvalue weighted by Gasteiger charge is -2.32. The number of rotatable bonds is 4. The Morgan fingerprint density at radius 1 is 1.36 bits per heavy atom. The average Bonchev–Trinajstić information content (AvgIpc) is 2.93. The lowest BCUT2D eigenvalue weighted by molar-refractivity contribution is -0.0349. The lowest BCUT2D eigenvalue weighted by atomic mass is 10.1. The minimum absolute atomic E-state index is 0.0327. The molecule has 0 N–H and O–H groups in total. The van der Waals surface area contributed by atoms with Gasteiger partial charge in [0, 0.05) is 52.5 Å². The van der Waals surface area contributed by atoms with Crippen LogP contribution in [0.3, 0.4) is 0 Å². The van der Waals surface area contributed by atoms with Crippen molar-refractivity contribution >= 4 is 5.82 Å². The normalized spacial score (nSPS) is 19.3. The Morgan fingerprint density at radius 3 is 2.95 bits per heavy atom. The van der Waals surface area contributed by atoms with Gasteiger partial charge in [-0.1, -0.05) is 6.07 Å². The van der Waals surface area contributed by atoms with Crippen molar-refractivity contribution in [2.45, 2.75) is 12.6 Å². The quantitative estimate of drug-likeness (QED) is 0.855. The fraction of sp³-hybridized carbons (Fsp3) is 0.500. The van der Waals surface area contributed by atoms with E-state index in [1.165, 1.54) is 5.56 Å². The van der Waals surface area contributed by atoms with Crippen molar-refractivity contribution in [2.75, 3.05) is 38.7 Å². The van der Waals surface area contributed by atoms with Gasteiger partial charge in [0.2, 0.25) is 0 Å². The maximum atomic E-state index is 5.93. The Morgan fingerprint density at radius 2 is 2.23 bits per heavy atom. The standard InChI is InChI=1S/C16H23N5O/c1-19(2)16-6-4-5-14(18-16)15-12-21(7-8-22-15)11-13-9-17-20(3)10-13/h4-6,9-10,15H,7-8,11-12H2,1-3H3. The van der Waals surface area contributed by atoms with Crippen LogP contribution in [0.1, 0.15) is 17.4 Å². The maximum Gasteiger partial charge on any atom is 0.128 e. The average molecular weight is 301 g/mol. The Hall–Kier alpha value is -1.92. The van der Waals surface area contributed by atoms with Crippen LogP contribution in [0.5, 0.6) is 0 Å². The zero-order valence-electron chi connectivity index (χ0n) is 13.4. The van der Waals surface area contributed by atoms with Crippen molar-refractivity contribution < 1.29 is 4.74 Å². The van der Waals surface area contributed by atoms with E-state index < -0.39 is 0 Å². The molecule has 118 valence electrons. The largest absolute Gasteiger partial charge is 0.369 e. The van der Waals surface area contributed by atoms with Crippen LogP contribution in [0.4, 0.5) is 5.82 Å². The summed E-state index contributed by atoms with van der Waals surface area (Å²) in [4.78, 5) is 9.11. The van der Waals surface area contributed by atoms with Gasteiger partial charge < -0.3 is 9.64 Å². The van der Waals surface area contributed by atoms with Gasteiger partial charge in [0.1, 0.15) is 11.9 Å². The van der Waals surface area contributed by atoms with Crippen LogP contribution in [0.25, 0.3) is 0 Å². The summed E-state index contributed by atoms with van der Waals surface area (Å²) in [6.45, 7) is 3.44. The predicted octanol–water partition coefficient (Wildman–Crippen LogP) is 1.45. The molecule has 1 fully saturated rings. The predicted molar refractivity (Wildman–Crippen MR) is 85.7 cm³/mol. The highest BCUT2D eigenvalue weighted by Crippen LogP contribution is 2.23. The van der Waals surface area contributed by atoms with Gasteiger partial charge in [0.15, 0.2) is 0 Å². The lowest BCUT2D eigenvalue weighted by Crippen LogP contribution is -2.38. The van der Waals surface area contributed by atoms with Crippen LogP contribution >= 0.6 is 0 Å². The van der Waals surface area contributed by atoms with E-state index in [0.717, 1.165) is 37.8 Å². The maximum absolute atomic E-state index is 5.93. The number of anilines is 1. The SMILES string of the molecule is CN(C)c1cccc(C2CN(Cc3cnn(C)c3)CCO2)n1. The number of hydrogen-bond donors (Lipinski definition) is 0. The van der Waals surface area contributed by atoms with Crippen molar-refractivity contribution in [3.8, 4) is 0 Å². The third-order valence-corrected chi connectivity index (χ3v) is 3.86. The topological polar surface area (TPSA) is 46.4 Å². The van der Waals surface area contributed by atoms with Gasteiger partial charge in [0.25, 0.3) is 0 Å². The summed E-state index contributed by atoms with van der Waals surface area (Å²) >= 11 is 0. The first-order chi connectivity index (χ1) is 10.6. The molecule has 1 atom stereocenters. The van der Waals surface area contributed by atoms with E-state index in [1.54, 1.807) is 0 Å². The van der Waals surface area contributed by atoms with Crippen LogP contribution in [0.15, 0.2) is 30.6 Å². The summed E-state index contributed by atoms with van der Waals surface area (Å²) in [7, 11) is 5.95. The molecule has 3 heterocycles. The molecule has 6 heteroatoms. The Bertz CT molecular complexity index is 625. The summed E-state index contributed by atoms with van der Waals surface area (Å²) in [5.74, 6) is 0.963. The molecule has 1 saturated heterocycles. The van der Waals surface area contributed by atoms with Crippen molar-refractivity contribution in [1.82, 2.24) is 19.7 Å². The number of aromatic nitrogens is 3. The van der Waals surface area contributed by atoms with Crippen molar-refractivity contribution in [1.29, 1.82) is 0 Å². The minimum Gasteiger partial charge on any atom is -0.369 e.